The Morgan fingerprint density at radius 3 is 2.25 bits per heavy atom. The lowest BCUT2D eigenvalue weighted by Gasteiger charge is -2.19. The van der Waals surface area contributed by atoms with E-state index in [0.717, 1.165) is 6.26 Å². The summed E-state index contributed by atoms with van der Waals surface area (Å²) in [5, 5.41) is 13.6. The van der Waals surface area contributed by atoms with E-state index in [-0.39, 0.29) is 22.9 Å². The second-order valence-electron chi connectivity index (χ2n) is 5.83. The number of rotatable bonds is 7. The molecular weight excluding hydrogens is 330 g/mol. The molecule has 1 aromatic rings. The zero-order chi connectivity index (χ0) is 18.3. The first-order chi connectivity index (χ1) is 11.1. The van der Waals surface area contributed by atoms with Crippen molar-refractivity contribution in [2.24, 2.45) is 5.92 Å². The van der Waals surface area contributed by atoms with Crippen molar-refractivity contribution in [1.29, 1.82) is 5.26 Å². The Labute approximate surface area is 142 Å². The zero-order valence-corrected chi connectivity index (χ0v) is 14.7. The van der Waals surface area contributed by atoms with Gasteiger partial charge in [-0.25, -0.2) is 8.42 Å². The highest BCUT2D eigenvalue weighted by Crippen LogP contribution is 2.11. The van der Waals surface area contributed by atoms with Crippen molar-refractivity contribution in [3.63, 3.8) is 0 Å². The molecule has 0 radical (unpaired) electrons. The van der Waals surface area contributed by atoms with Crippen LogP contribution in [-0.4, -0.2) is 39.1 Å². The van der Waals surface area contributed by atoms with Crippen LogP contribution in [0, 0.1) is 17.2 Å². The van der Waals surface area contributed by atoms with Crippen LogP contribution in [0.25, 0.3) is 0 Å². The molecule has 0 fully saturated rings. The van der Waals surface area contributed by atoms with Crippen molar-refractivity contribution in [3.8, 4) is 6.07 Å². The van der Waals surface area contributed by atoms with Gasteiger partial charge in [-0.3, -0.25) is 9.59 Å². The number of nitrogens with one attached hydrogen (secondary N) is 2. The summed E-state index contributed by atoms with van der Waals surface area (Å²) in [4.78, 5) is 24.4. The summed E-state index contributed by atoms with van der Waals surface area (Å²) in [6, 6.07) is 6.52. The van der Waals surface area contributed by atoms with E-state index in [4.69, 9.17) is 5.26 Å². The van der Waals surface area contributed by atoms with Gasteiger partial charge in [-0.15, -0.1) is 0 Å². The number of sulfone groups is 1. The first-order valence-corrected chi connectivity index (χ1v) is 9.30. The molecule has 0 spiro atoms. The molecule has 0 aliphatic rings. The van der Waals surface area contributed by atoms with E-state index < -0.39 is 27.7 Å². The Bertz CT molecular complexity index is 734. The molecule has 0 unspecified atom stereocenters. The molecule has 0 heterocycles. The number of carbonyl (C=O) groups excluding carboxylic acids is 2. The van der Waals surface area contributed by atoms with Crippen LogP contribution < -0.4 is 10.6 Å². The van der Waals surface area contributed by atoms with E-state index in [0.29, 0.717) is 6.42 Å². The fourth-order valence-electron chi connectivity index (χ4n) is 2.05. The summed E-state index contributed by atoms with van der Waals surface area (Å²) in [6.07, 6.45) is 1.50. The van der Waals surface area contributed by atoms with Crippen molar-refractivity contribution < 1.29 is 18.0 Å². The molecule has 7 nitrogen and oxygen atoms in total. The Balaban J connectivity index is 2.87. The number of hydrogen-bond donors (Lipinski definition) is 2. The summed E-state index contributed by atoms with van der Waals surface area (Å²) in [7, 11) is -3.33. The lowest BCUT2D eigenvalue weighted by Crippen LogP contribution is -2.47. The number of nitriles is 1. The Morgan fingerprint density at radius 2 is 1.79 bits per heavy atom. The maximum absolute atomic E-state index is 12.3. The largest absolute Gasteiger partial charge is 0.341 e. The second kappa shape index (κ2) is 8.45. The van der Waals surface area contributed by atoms with Gasteiger partial charge in [-0.1, -0.05) is 13.8 Å². The van der Waals surface area contributed by atoms with Crippen LogP contribution in [0.15, 0.2) is 29.2 Å². The van der Waals surface area contributed by atoms with Gasteiger partial charge in [0, 0.05) is 11.8 Å². The van der Waals surface area contributed by atoms with Crippen molar-refractivity contribution in [2.45, 2.75) is 31.2 Å². The second-order valence-corrected chi connectivity index (χ2v) is 7.84. The normalized spacial score (nSPS) is 12.3. The molecule has 0 saturated carbocycles. The molecule has 2 amide bonds. The lowest BCUT2D eigenvalue weighted by molar-refractivity contribution is -0.123. The van der Waals surface area contributed by atoms with Gasteiger partial charge < -0.3 is 10.6 Å². The number of carbonyl (C=O) groups is 2. The summed E-state index contributed by atoms with van der Waals surface area (Å²) >= 11 is 0. The Hall–Kier alpha value is -2.40. The van der Waals surface area contributed by atoms with Gasteiger partial charge in [0.1, 0.15) is 12.6 Å². The predicted octanol–water partition coefficient (Wildman–Crippen LogP) is 0.874. The van der Waals surface area contributed by atoms with Gasteiger partial charge in [0.05, 0.1) is 11.0 Å². The van der Waals surface area contributed by atoms with E-state index in [9.17, 15) is 18.0 Å². The molecule has 0 aliphatic heterocycles. The minimum absolute atomic E-state index is 0.115. The van der Waals surface area contributed by atoms with Crippen LogP contribution >= 0.6 is 0 Å². The smallest absolute Gasteiger partial charge is 0.251 e. The van der Waals surface area contributed by atoms with Gasteiger partial charge in [0.15, 0.2) is 9.84 Å². The van der Waals surface area contributed by atoms with Crippen molar-refractivity contribution in [2.75, 3.05) is 12.8 Å². The van der Waals surface area contributed by atoms with E-state index in [1.54, 1.807) is 0 Å². The first-order valence-electron chi connectivity index (χ1n) is 7.40. The first kappa shape index (κ1) is 19.6. The minimum atomic E-state index is -3.33. The molecule has 2 N–H and O–H groups in total. The minimum Gasteiger partial charge on any atom is -0.341 e. The monoisotopic (exact) mass is 351 g/mol. The number of hydrogen-bond acceptors (Lipinski definition) is 5. The highest BCUT2D eigenvalue weighted by Gasteiger charge is 2.22. The fraction of sp³-hybridized carbons (Fsp3) is 0.438. The quantitative estimate of drug-likeness (QED) is 0.707. The molecule has 0 bridgehead atoms. The van der Waals surface area contributed by atoms with Crippen LogP contribution in [0.4, 0.5) is 0 Å². The third kappa shape index (κ3) is 6.01. The molecule has 0 aliphatic carbocycles. The van der Waals surface area contributed by atoms with Gasteiger partial charge in [0.2, 0.25) is 5.91 Å². The molecule has 1 aromatic carbocycles. The maximum atomic E-state index is 12.3. The average Bonchev–Trinajstić information content (AvgIpc) is 2.50. The van der Waals surface area contributed by atoms with Crippen LogP contribution in [0.2, 0.25) is 0 Å². The van der Waals surface area contributed by atoms with Gasteiger partial charge >= 0.3 is 0 Å². The van der Waals surface area contributed by atoms with E-state index in [1.807, 2.05) is 19.9 Å². The average molecular weight is 351 g/mol. The third-order valence-electron chi connectivity index (χ3n) is 3.22. The van der Waals surface area contributed by atoms with Gasteiger partial charge in [-0.05, 0) is 36.6 Å². The standard InChI is InChI=1S/C16H21N3O4S/c1-11(2)10-14(16(21)18-9-8-17)19-15(20)12-4-6-13(7-5-12)24(3,22)23/h4-7,11,14H,9-10H2,1-3H3,(H,18,21)(H,19,20)/t14-/m0/s1. The molecule has 1 rings (SSSR count). The van der Waals surface area contributed by atoms with Crippen LogP contribution in [0.3, 0.4) is 0 Å². The number of benzene rings is 1. The van der Waals surface area contributed by atoms with Gasteiger partial charge in [-0.2, -0.15) is 5.26 Å². The maximum Gasteiger partial charge on any atom is 0.251 e. The third-order valence-corrected chi connectivity index (χ3v) is 4.34. The van der Waals surface area contributed by atoms with Gasteiger partial charge in [0.25, 0.3) is 5.91 Å². The topological polar surface area (TPSA) is 116 Å². The highest BCUT2D eigenvalue weighted by atomic mass is 32.2. The summed E-state index contributed by atoms with van der Waals surface area (Å²) < 4.78 is 22.8. The van der Waals surface area contributed by atoms with Crippen molar-refractivity contribution in [1.82, 2.24) is 10.6 Å². The predicted molar refractivity (Wildman–Crippen MR) is 88.9 cm³/mol. The molecule has 24 heavy (non-hydrogen) atoms. The van der Waals surface area contributed by atoms with Crippen LogP contribution in [0.5, 0.6) is 0 Å². The van der Waals surface area contributed by atoms with E-state index >= 15 is 0 Å². The zero-order valence-electron chi connectivity index (χ0n) is 13.9. The van der Waals surface area contributed by atoms with Crippen LogP contribution in [-0.2, 0) is 14.6 Å². The summed E-state index contributed by atoms with van der Waals surface area (Å²) in [5.74, 6) is -0.741. The molecule has 1 atom stereocenters. The van der Waals surface area contributed by atoms with Crippen molar-refractivity contribution >= 4 is 21.7 Å². The number of nitrogens with zero attached hydrogens (tertiary/aromatic N) is 1. The molecule has 0 aromatic heterocycles. The summed E-state index contributed by atoms with van der Waals surface area (Å²) in [5.41, 5.74) is 0.254. The Morgan fingerprint density at radius 1 is 1.21 bits per heavy atom. The van der Waals surface area contributed by atoms with Crippen molar-refractivity contribution in [3.05, 3.63) is 29.8 Å². The lowest BCUT2D eigenvalue weighted by atomic mass is 10.0. The fourth-order valence-corrected chi connectivity index (χ4v) is 2.68. The van der Waals surface area contributed by atoms with E-state index in [2.05, 4.69) is 10.6 Å². The molecule has 130 valence electrons. The molecule has 0 saturated heterocycles. The number of amides is 2. The Kier molecular flexibility index (Phi) is 6.92. The highest BCUT2D eigenvalue weighted by molar-refractivity contribution is 7.90. The SMILES string of the molecule is CC(C)C[C@H](NC(=O)c1ccc(S(C)(=O)=O)cc1)C(=O)NCC#N. The van der Waals surface area contributed by atoms with E-state index in [1.165, 1.54) is 24.3 Å². The molecule has 8 heteroatoms. The van der Waals surface area contributed by atoms with Crippen LogP contribution in [0.1, 0.15) is 30.6 Å². The molecular formula is C16H21N3O4S. The summed E-state index contributed by atoms with van der Waals surface area (Å²) in [6.45, 7) is 3.70.